The van der Waals surface area contributed by atoms with Crippen LogP contribution < -0.4 is 10.9 Å². The summed E-state index contributed by atoms with van der Waals surface area (Å²) in [4.78, 5) is 32.0. The van der Waals surface area contributed by atoms with E-state index < -0.39 is 17.2 Å². The molecular formula is C25H29FN4O5. The van der Waals surface area contributed by atoms with Gasteiger partial charge >= 0.3 is 0 Å². The third-order valence-electron chi connectivity index (χ3n) is 6.14. The lowest BCUT2D eigenvalue weighted by Gasteiger charge is -2.27. The molecule has 1 fully saturated rings. The van der Waals surface area contributed by atoms with Gasteiger partial charge in [-0.2, -0.15) is 0 Å². The van der Waals surface area contributed by atoms with Crippen LogP contribution in [0.5, 0.6) is 5.75 Å². The highest BCUT2D eigenvalue weighted by molar-refractivity contribution is 6.01. The topological polar surface area (TPSA) is 106 Å². The van der Waals surface area contributed by atoms with E-state index in [9.17, 15) is 19.1 Å². The summed E-state index contributed by atoms with van der Waals surface area (Å²) in [5, 5.41) is 13.2. The standard InChI is InChI=1S/C25H29FN4O5/c1-29-20-12-16(11-17-3-4-19(26)13-18(17)15-30-6-9-35-10-7-30)14-28-22(20)23(31)21(25(29)33)24(32)27-5-8-34-2/h3-4,12-14,31H,5-11,15H2,1-2H3,(H,27,32). The molecule has 2 N–H and O–H groups in total. The minimum atomic E-state index is -0.688. The molecule has 1 aliphatic heterocycles. The zero-order chi connectivity index (χ0) is 24.9. The smallest absolute Gasteiger partial charge is 0.267 e. The number of aryl methyl sites for hydroxylation is 1. The Morgan fingerprint density at radius 1 is 1.26 bits per heavy atom. The van der Waals surface area contributed by atoms with Gasteiger partial charge in [-0.15, -0.1) is 0 Å². The molecule has 0 atom stereocenters. The maximum absolute atomic E-state index is 14.0. The molecule has 1 aromatic carbocycles. The van der Waals surface area contributed by atoms with Crippen LogP contribution in [0.15, 0.2) is 35.3 Å². The molecule has 9 nitrogen and oxygen atoms in total. The molecule has 0 radical (unpaired) electrons. The first-order chi connectivity index (χ1) is 16.9. The summed E-state index contributed by atoms with van der Waals surface area (Å²) in [6.07, 6.45) is 2.07. The number of pyridine rings is 2. The number of ether oxygens (including phenoxy) is 2. The highest BCUT2D eigenvalue weighted by Crippen LogP contribution is 2.26. The molecule has 1 amide bonds. The summed E-state index contributed by atoms with van der Waals surface area (Å²) in [5.74, 6) is -1.44. The van der Waals surface area contributed by atoms with Gasteiger partial charge in [-0.3, -0.25) is 19.5 Å². The van der Waals surface area contributed by atoms with Gasteiger partial charge in [0.25, 0.3) is 11.5 Å². The number of amides is 1. The molecule has 0 aliphatic carbocycles. The number of halogens is 1. The van der Waals surface area contributed by atoms with Crippen LogP contribution in [-0.4, -0.2) is 72.0 Å². The van der Waals surface area contributed by atoms with Crippen molar-refractivity contribution in [3.8, 4) is 5.75 Å². The third-order valence-corrected chi connectivity index (χ3v) is 6.14. The van der Waals surface area contributed by atoms with Crippen LogP contribution >= 0.6 is 0 Å². The van der Waals surface area contributed by atoms with Crippen LogP contribution in [0.25, 0.3) is 11.0 Å². The van der Waals surface area contributed by atoms with Gasteiger partial charge in [-0.25, -0.2) is 4.39 Å². The molecule has 4 rings (SSSR count). The third kappa shape index (κ3) is 5.50. The second-order valence-electron chi connectivity index (χ2n) is 8.53. The highest BCUT2D eigenvalue weighted by Gasteiger charge is 2.22. The lowest BCUT2D eigenvalue weighted by atomic mass is 9.99. The fraction of sp³-hybridized carbons (Fsp3) is 0.400. The molecule has 186 valence electrons. The van der Waals surface area contributed by atoms with E-state index in [0.717, 1.165) is 29.8 Å². The number of rotatable bonds is 8. The van der Waals surface area contributed by atoms with Crippen molar-refractivity contribution in [3.63, 3.8) is 0 Å². The van der Waals surface area contributed by atoms with Crippen LogP contribution in [0.3, 0.4) is 0 Å². The van der Waals surface area contributed by atoms with Gasteiger partial charge < -0.3 is 24.5 Å². The predicted molar refractivity (Wildman–Crippen MR) is 128 cm³/mol. The Labute approximate surface area is 202 Å². The van der Waals surface area contributed by atoms with Crippen LogP contribution in [0.4, 0.5) is 4.39 Å². The number of fused-ring (bicyclic) bond motifs is 1. The number of aromatic nitrogens is 2. The molecule has 0 saturated carbocycles. The minimum absolute atomic E-state index is 0.153. The van der Waals surface area contributed by atoms with Gasteiger partial charge in [0, 0.05) is 46.5 Å². The van der Waals surface area contributed by atoms with Gasteiger partial charge in [0.1, 0.15) is 16.9 Å². The summed E-state index contributed by atoms with van der Waals surface area (Å²) in [7, 11) is 3.03. The van der Waals surface area contributed by atoms with Crippen LogP contribution in [0, 0.1) is 5.82 Å². The zero-order valence-corrected chi connectivity index (χ0v) is 19.8. The fourth-order valence-electron chi connectivity index (χ4n) is 4.22. The van der Waals surface area contributed by atoms with Crippen molar-refractivity contribution in [2.24, 2.45) is 7.05 Å². The summed E-state index contributed by atoms with van der Waals surface area (Å²) in [5.41, 5.74) is 2.19. The van der Waals surface area contributed by atoms with E-state index in [-0.39, 0.29) is 30.0 Å². The van der Waals surface area contributed by atoms with Crippen molar-refractivity contribution in [2.75, 3.05) is 46.6 Å². The van der Waals surface area contributed by atoms with Gasteiger partial charge in [-0.05, 0) is 41.3 Å². The number of nitrogens with one attached hydrogen (secondary N) is 1. The van der Waals surface area contributed by atoms with E-state index in [1.54, 1.807) is 24.4 Å². The van der Waals surface area contributed by atoms with Crippen molar-refractivity contribution >= 4 is 16.9 Å². The quantitative estimate of drug-likeness (QED) is 0.468. The minimum Gasteiger partial charge on any atom is -0.505 e. The van der Waals surface area contributed by atoms with Gasteiger partial charge in [0.15, 0.2) is 5.75 Å². The molecule has 0 bridgehead atoms. The van der Waals surface area contributed by atoms with Gasteiger partial charge in [0.05, 0.1) is 25.3 Å². The lowest BCUT2D eigenvalue weighted by molar-refractivity contribution is 0.0340. The molecule has 0 unspecified atom stereocenters. The van der Waals surface area contributed by atoms with E-state index in [1.165, 1.54) is 24.8 Å². The Morgan fingerprint density at radius 2 is 2.03 bits per heavy atom. The number of carbonyl (C=O) groups is 1. The first kappa shape index (κ1) is 24.8. The molecule has 10 heteroatoms. The summed E-state index contributed by atoms with van der Waals surface area (Å²) >= 11 is 0. The van der Waals surface area contributed by atoms with Gasteiger partial charge in [0.2, 0.25) is 0 Å². The van der Waals surface area contributed by atoms with E-state index in [2.05, 4.69) is 15.2 Å². The van der Waals surface area contributed by atoms with E-state index in [0.29, 0.717) is 31.7 Å². The lowest BCUT2D eigenvalue weighted by Crippen LogP contribution is -2.35. The average molecular weight is 485 g/mol. The Morgan fingerprint density at radius 3 is 2.77 bits per heavy atom. The van der Waals surface area contributed by atoms with Crippen LogP contribution in [0.1, 0.15) is 27.0 Å². The summed E-state index contributed by atoms with van der Waals surface area (Å²) in [6, 6.07) is 6.51. The van der Waals surface area contributed by atoms with Crippen LogP contribution in [0.2, 0.25) is 0 Å². The second kappa shape index (κ2) is 10.9. The molecule has 3 heterocycles. The number of hydrogen-bond acceptors (Lipinski definition) is 7. The van der Waals surface area contributed by atoms with Crippen molar-refractivity contribution in [3.05, 3.63) is 68.9 Å². The van der Waals surface area contributed by atoms with Crippen LogP contribution in [-0.2, 0) is 29.5 Å². The molecular weight excluding hydrogens is 455 g/mol. The predicted octanol–water partition coefficient (Wildman–Crippen LogP) is 1.58. The van der Waals surface area contributed by atoms with Crippen molar-refractivity contribution in [1.82, 2.24) is 19.8 Å². The summed E-state index contributed by atoms with van der Waals surface area (Å²) < 4.78 is 25.6. The normalized spacial score (nSPS) is 14.4. The Kier molecular flexibility index (Phi) is 7.74. The molecule has 3 aromatic rings. The molecule has 2 aromatic heterocycles. The number of methoxy groups -OCH3 is 1. The van der Waals surface area contributed by atoms with Gasteiger partial charge in [-0.1, -0.05) is 6.07 Å². The molecule has 35 heavy (non-hydrogen) atoms. The number of morpholine rings is 1. The van der Waals surface area contributed by atoms with E-state index in [4.69, 9.17) is 9.47 Å². The van der Waals surface area contributed by atoms with Crippen molar-refractivity contribution in [2.45, 2.75) is 13.0 Å². The van der Waals surface area contributed by atoms with Crippen molar-refractivity contribution < 1.29 is 23.8 Å². The first-order valence-electron chi connectivity index (χ1n) is 11.4. The molecule has 1 aliphatic rings. The van der Waals surface area contributed by atoms with Crippen molar-refractivity contribution in [1.29, 1.82) is 0 Å². The number of aromatic hydroxyl groups is 1. The number of benzene rings is 1. The summed E-state index contributed by atoms with van der Waals surface area (Å²) in [6.45, 7) is 3.98. The maximum atomic E-state index is 14.0. The second-order valence-corrected chi connectivity index (χ2v) is 8.53. The first-order valence-corrected chi connectivity index (χ1v) is 11.4. The Bertz CT molecular complexity index is 1290. The largest absolute Gasteiger partial charge is 0.505 e. The SMILES string of the molecule is COCCNC(=O)c1c(O)c2ncc(Cc3ccc(F)cc3CN3CCOCC3)cc2n(C)c1=O. The number of nitrogens with zero attached hydrogens (tertiary/aromatic N) is 3. The zero-order valence-electron chi connectivity index (χ0n) is 19.8. The number of carbonyl (C=O) groups excluding carboxylic acids is 1. The highest BCUT2D eigenvalue weighted by atomic mass is 19.1. The van der Waals surface area contributed by atoms with E-state index >= 15 is 0 Å². The monoisotopic (exact) mass is 484 g/mol. The molecule has 1 saturated heterocycles. The number of hydrogen-bond donors (Lipinski definition) is 2. The maximum Gasteiger partial charge on any atom is 0.267 e. The Balaban J connectivity index is 1.64. The molecule has 0 spiro atoms. The van der Waals surface area contributed by atoms with E-state index in [1.807, 2.05) is 0 Å². The fourth-order valence-corrected chi connectivity index (χ4v) is 4.22. The Hall–Kier alpha value is -3.34. The average Bonchev–Trinajstić information content (AvgIpc) is 2.85.